The summed E-state index contributed by atoms with van der Waals surface area (Å²) in [5.74, 6) is 1.12. The van der Waals surface area contributed by atoms with Crippen LogP contribution in [-0.2, 0) is 4.79 Å². The molecule has 1 amide bonds. The van der Waals surface area contributed by atoms with Gasteiger partial charge in [0.2, 0.25) is 5.91 Å². The number of amides is 1. The smallest absolute Gasteiger partial charge is 0.223 e. The van der Waals surface area contributed by atoms with Crippen molar-refractivity contribution in [3.05, 3.63) is 29.3 Å². The zero-order valence-electron chi connectivity index (χ0n) is 12.4. The number of carbonyl (C=O) groups excluding carboxylic acids is 1. The van der Waals surface area contributed by atoms with Gasteiger partial charge in [-0.15, -0.1) is 11.8 Å². The van der Waals surface area contributed by atoms with Crippen LogP contribution >= 0.6 is 11.8 Å². The highest BCUT2D eigenvalue weighted by molar-refractivity contribution is 7.99. The molecule has 20 heavy (non-hydrogen) atoms. The predicted octanol–water partition coefficient (Wildman–Crippen LogP) is 2.74. The second kappa shape index (κ2) is 7.14. The summed E-state index contributed by atoms with van der Waals surface area (Å²) in [4.78, 5) is 15.4. The van der Waals surface area contributed by atoms with E-state index in [-0.39, 0.29) is 11.9 Å². The van der Waals surface area contributed by atoms with Crippen LogP contribution in [0.2, 0.25) is 0 Å². The SMILES string of the molecule is Cc1ccc(SCCC(=O)N2CCC(N)CC2)c(C)c1. The molecule has 1 saturated heterocycles. The van der Waals surface area contributed by atoms with Crippen LogP contribution in [0.1, 0.15) is 30.4 Å². The Morgan fingerprint density at radius 3 is 2.70 bits per heavy atom. The second-order valence-corrected chi connectivity index (χ2v) is 6.72. The molecule has 2 rings (SSSR count). The zero-order chi connectivity index (χ0) is 14.5. The van der Waals surface area contributed by atoms with Crippen molar-refractivity contribution in [2.75, 3.05) is 18.8 Å². The van der Waals surface area contributed by atoms with E-state index >= 15 is 0 Å². The average molecular weight is 292 g/mol. The minimum atomic E-state index is 0.272. The van der Waals surface area contributed by atoms with Crippen LogP contribution < -0.4 is 5.73 Å². The Hall–Kier alpha value is -1.00. The third kappa shape index (κ3) is 4.25. The average Bonchev–Trinajstić information content (AvgIpc) is 2.42. The van der Waals surface area contributed by atoms with Crippen molar-refractivity contribution in [2.24, 2.45) is 5.73 Å². The molecule has 0 aliphatic carbocycles. The molecule has 3 nitrogen and oxygen atoms in total. The van der Waals surface area contributed by atoms with Gasteiger partial charge in [0.1, 0.15) is 0 Å². The number of aryl methyl sites for hydroxylation is 2. The van der Waals surface area contributed by atoms with Crippen molar-refractivity contribution < 1.29 is 4.79 Å². The first-order valence-electron chi connectivity index (χ1n) is 7.29. The topological polar surface area (TPSA) is 46.3 Å². The fourth-order valence-electron chi connectivity index (χ4n) is 2.52. The Morgan fingerprint density at radius 2 is 2.05 bits per heavy atom. The van der Waals surface area contributed by atoms with E-state index in [4.69, 9.17) is 5.73 Å². The molecular formula is C16H24N2OS. The normalized spacial score (nSPS) is 16.4. The van der Waals surface area contributed by atoms with Gasteiger partial charge in [0, 0.05) is 36.2 Å². The quantitative estimate of drug-likeness (QED) is 0.868. The van der Waals surface area contributed by atoms with Gasteiger partial charge in [0.25, 0.3) is 0 Å². The number of rotatable bonds is 4. The maximum Gasteiger partial charge on any atom is 0.223 e. The molecule has 0 bridgehead atoms. The summed E-state index contributed by atoms with van der Waals surface area (Å²) in [5.41, 5.74) is 8.44. The molecular weight excluding hydrogens is 268 g/mol. The third-order valence-corrected chi connectivity index (χ3v) is 4.97. The summed E-state index contributed by atoms with van der Waals surface area (Å²) in [6.45, 7) is 5.89. The van der Waals surface area contributed by atoms with Crippen molar-refractivity contribution in [1.29, 1.82) is 0 Å². The number of hydrogen-bond donors (Lipinski definition) is 1. The Balaban J connectivity index is 1.76. The Morgan fingerprint density at radius 1 is 1.35 bits per heavy atom. The first-order valence-corrected chi connectivity index (χ1v) is 8.28. The molecule has 1 heterocycles. The van der Waals surface area contributed by atoms with E-state index in [2.05, 4.69) is 32.0 Å². The fourth-order valence-corrected chi connectivity index (χ4v) is 3.46. The van der Waals surface area contributed by atoms with Gasteiger partial charge >= 0.3 is 0 Å². The van der Waals surface area contributed by atoms with E-state index in [0.29, 0.717) is 6.42 Å². The number of nitrogens with two attached hydrogens (primary N) is 1. The van der Waals surface area contributed by atoms with Crippen molar-refractivity contribution in [1.82, 2.24) is 4.90 Å². The van der Waals surface area contributed by atoms with Crippen LogP contribution in [-0.4, -0.2) is 35.7 Å². The van der Waals surface area contributed by atoms with Crippen LogP contribution in [0, 0.1) is 13.8 Å². The molecule has 0 atom stereocenters. The molecule has 1 aliphatic rings. The van der Waals surface area contributed by atoms with Crippen LogP contribution in [0.25, 0.3) is 0 Å². The molecule has 0 aromatic heterocycles. The first-order chi connectivity index (χ1) is 9.56. The lowest BCUT2D eigenvalue weighted by Crippen LogP contribution is -2.42. The van der Waals surface area contributed by atoms with Crippen molar-refractivity contribution in [3.8, 4) is 0 Å². The van der Waals surface area contributed by atoms with Gasteiger partial charge in [-0.1, -0.05) is 17.7 Å². The first kappa shape index (κ1) is 15.4. The van der Waals surface area contributed by atoms with E-state index in [1.807, 2.05) is 4.90 Å². The van der Waals surface area contributed by atoms with E-state index in [9.17, 15) is 4.79 Å². The number of nitrogens with zero attached hydrogens (tertiary/aromatic N) is 1. The number of piperidine rings is 1. The third-order valence-electron chi connectivity index (χ3n) is 3.80. The molecule has 1 aliphatic heterocycles. The molecule has 1 aromatic rings. The number of likely N-dealkylation sites (tertiary alicyclic amines) is 1. The van der Waals surface area contributed by atoms with Crippen LogP contribution in [0.4, 0.5) is 0 Å². The summed E-state index contributed by atoms with van der Waals surface area (Å²) in [6, 6.07) is 6.75. The molecule has 0 spiro atoms. The largest absolute Gasteiger partial charge is 0.343 e. The molecule has 0 radical (unpaired) electrons. The summed E-state index contributed by atoms with van der Waals surface area (Å²) < 4.78 is 0. The van der Waals surface area contributed by atoms with Gasteiger partial charge in [0.15, 0.2) is 0 Å². The predicted molar refractivity (Wildman–Crippen MR) is 85.0 cm³/mol. The van der Waals surface area contributed by atoms with Gasteiger partial charge in [-0.05, 0) is 38.3 Å². The van der Waals surface area contributed by atoms with Crippen molar-refractivity contribution >= 4 is 17.7 Å². The van der Waals surface area contributed by atoms with Gasteiger partial charge in [-0.3, -0.25) is 4.79 Å². The zero-order valence-corrected chi connectivity index (χ0v) is 13.2. The lowest BCUT2D eigenvalue weighted by atomic mass is 10.1. The highest BCUT2D eigenvalue weighted by Gasteiger charge is 2.20. The number of thioether (sulfide) groups is 1. The summed E-state index contributed by atoms with van der Waals surface area (Å²) >= 11 is 1.78. The second-order valence-electron chi connectivity index (χ2n) is 5.59. The Bertz CT molecular complexity index is 468. The molecule has 2 N–H and O–H groups in total. The molecule has 0 unspecified atom stereocenters. The van der Waals surface area contributed by atoms with E-state index in [0.717, 1.165) is 31.7 Å². The summed E-state index contributed by atoms with van der Waals surface area (Å²) in [7, 11) is 0. The highest BCUT2D eigenvalue weighted by Crippen LogP contribution is 2.24. The summed E-state index contributed by atoms with van der Waals surface area (Å²) in [6.07, 6.45) is 2.50. The van der Waals surface area contributed by atoms with Crippen molar-refractivity contribution in [3.63, 3.8) is 0 Å². The van der Waals surface area contributed by atoms with Gasteiger partial charge in [0.05, 0.1) is 0 Å². The maximum absolute atomic E-state index is 12.1. The van der Waals surface area contributed by atoms with Crippen molar-refractivity contribution in [2.45, 2.75) is 44.0 Å². The van der Waals surface area contributed by atoms with Crippen LogP contribution in [0.15, 0.2) is 23.1 Å². The molecule has 4 heteroatoms. The van der Waals surface area contributed by atoms with Gasteiger partial charge in [-0.25, -0.2) is 0 Å². The minimum Gasteiger partial charge on any atom is -0.343 e. The lowest BCUT2D eigenvalue weighted by Gasteiger charge is -2.30. The monoisotopic (exact) mass is 292 g/mol. The van der Waals surface area contributed by atoms with E-state index in [1.165, 1.54) is 16.0 Å². The molecule has 1 aromatic carbocycles. The van der Waals surface area contributed by atoms with Gasteiger partial charge in [-0.2, -0.15) is 0 Å². The fraction of sp³-hybridized carbons (Fsp3) is 0.562. The van der Waals surface area contributed by atoms with E-state index < -0.39 is 0 Å². The highest BCUT2D eigenvalue weighted by atomic mass is 32.2. The van der Waals surface area contributed by atoms with Crippen LogP contribution in [0.5, 0.6) is 0 Å². The molecule has 0 saturated carbocycles. The lowest BCUT2D eigenvalue weighted by molar-refractivity contribution is -0.131. The Kier molecular flexibility index (Phi) is 5.49. The van der Waals surface area contributed by atoms with Gasteiger partial charge < -0.3 is 10.6 Å². The molecule has 1 fully saturated rings. The number of benzene rings is 1. The summed E-state index contributed by atoms with van der Waals surface area (Å²) in [5, 5.41) is 0. The number of carbonyl (C=O) groups is 1. The minimum absolute atomic E-state index is 0.272. The van der Waals surface area contributed by atoms with E-state index in [1.54, 1.807) is 11.8 Å². The maximum atomic E-state index is 12.1. The Labute approximate surface area is 125 Å². The standard InChI is InChI=1S/C16H24N2OS/c1-12-3-4-15(13(2)11-12)20-10-7-16(19)18-8-5-14(17)6-9-18/h3-4,11,14H,5-10,17H2,1-2H3. The number of hydrogen-bond acceptors (Lipinski definition) is 3. The molecule has 110 valence electrons. The van der Waals surface area contributed by atoms with Crippen LogP contribution in [0.3, 0.4) is 0 Å².